The molecule has 0 aliphatic carbocycles. The number of hydrogen-bond acceptors (Lipinski definition) is 6. The summed E-state index contributed by atoms with van der Waals surface area (Å²) in [6, 6.07) is -0.584. The molecule has 2 N–H and O–H groups in total. The molecule has 1 atom stereocenters. The van der Waals surface area contributed by atoms with Gasteiger partial charge in [-0.2, -0.15) is 4.98 Å². The minimum atomic E-state index is -0.584. The van der Waals surface area contributed by atoms with Gasteiger partial charge in [-0.25, -0.2) is 9.37 Å². The van der Waals surface area contributed by atoms with Crippen LogP contribution >= 0.6 is 0 Å². The van der Waals surface area contributed by atoms with Crippen LogP contribution in [0.5, 0.6) is 0 Å². The van der Waals surface area contributed by atoms with E-state index in [0.29, 0.717) is 25.6 Å². The number of ether oxygens (including phenoxy) is 1. The fourth-order valence-corrected chi connectivity index (χ4v) is 2.12. The molecule has 0 aromatic carbocycles. The molecule has 1 aromatic heterocycles. The van der Waals surface area contributed by atoms with Crippen LogP contribution in [-0.4, -0.2) is 55.3 Å². The lowest BCUT2D eigenvalue weighted by atomic mass is 10.2. The van der Waals surface area contributed by atoms with Gasteiger partial charge in [0.2, 0.25) is 11.9 Å². The number of rotatable bonds is 5. The van der Waals surface area contributed by atoms with E-state index in [1.807, 2.05) is 6.92 Å². The highest BCUT2D eigenvalue weighted by Gasteiger charge is 2.32. The SMILES string of the molecule is CCCNC(=O)C1COCCN1c1nc(NC)ncc1F. The smallest absolute Gasteiger partial charge is 0.245 e. The number of halogens is 1. The van der Waals surface area contributed by atoms with Crippen LogP contribution in [0.4, 0.5) is 16.2 Å². The number of carbonyl (C=O) groups is 1. The van der Waals surface area contributed by atoms with Crippen LogP contribution in [-0.2, 0) is 9.53 Å². The molecule has 1 aliphatic rings. The van der Waals surface area contributed by atoms with Gasteiger partial charge in [0.25, 0.3) is 0 Å². The van der Waals surface area contributed by atoms with E-state index < -0.39 is 11.9 Å². The summed E-state index contributed by atoms with van der Waals surface area (Å²) >= 11 is 0. The number of aromatic nitrogens is 2. The van der Waals surface area contributed by atoms with Crippen LogP contribution < -0.4 is 15.5 Å². The van der Waals surface area contributed by atoms with Gasteiger partial charge in [-0.3, -0.25) is 4.79 Å². The second-order valence-corrected chi connectivity index (χ2v) is 4.69. The summed E-state index contributed by atoms with van der Waals surface area (Å²) in [5.74, 6) is -0.301. The Labute approximate surface area is 122 Å². The molecule has 0 bridgehead atoms. The second kappa shape index (κ2) is 7.16. The zero-order valence-electron chi connectivity index (χ0n) is 12.2. The first kappa shape index (κ1) is 15.4. The lowest BCUT2D eigenvalue weighted by Crippen LogP contribution is -2.54. The summed E-state index contributed by atoms with van der Waals surface area (Å²) in [6.45, 7) is 3.60. The Morgan fingerprint density at radius 2 is 2.43 bits per heavy atom. The monoisotopic (exact) mass is 297 g/mol. The molecule has 0 saturated carbocycles. The molecule has 1 aliphatic heterocycles. The highest BCUT2D eigenvalue weighted by molar-refractivity contribution is 5.85. The Bertz CT molecular complexity index is 499. The van der Waals surface area contributed by atoms with Gasteiger partial charge in [0.05, 0.1) is 19.4 Å². The van der Waals surface area contributed by atoms with Crippen LogP contribution in [0.15, 0.2) is 6.20 Å². The number of amides is 1. The molecule has 2 rings (SSSR count). The fraction of sp³-hybridized carbons (Fsp3) is 0.615. The predicted molar refractivity (Wildman–Crippen MR) is 76.8 cm³/mol. The molecule has 2 heterocycles. The van der Waals surface area contributed by atoms with Crippen LogP contribution in [0.3, 0.4) is 0 Å². The normalized spacial score (nSPS) is 18.4. The Balaban J connectivity index is 2.23. The van der Waals surface area contributed by atoms with E-state index in [1.165, 1.54) is 0 Å². The topological polar surface area (TPSA) is 79.4 Å². The summed E-state index contributed by atoms with van der Waals surface area (Å²) in [5, 5.41) is 5.57. The number of hydrogen-bond donors (Lipinski definition) is 2. The molecular formula is C13H20FN5O2. The summed E-state index contributed by atoms with van der Waals surface area (Å²) < 4.78 is 19.4. The third-order valence-corrected chi connectivity index (χ3v) is 3.20. The molecule has 1 unspecified atom stereocenters. The Morgan fingerprint density at radius 1 is 1.62 bits per heavy atom. The lowest BCUT2D eigenvalue weighted by Gasteiger charge is -2.35. The Morgan fingerprint density at radius 3 is 3.14 bits per heavy atom. The van der Waals surface area contributed by atoms with E-state index in [9.17, 15) is 9.18 Å². The van der Waals surface area contributed by atoms with Crippen molar-refractivity contribution in [2.75, 3.05) is 43.6 Å². The van der Waals surface area contributed by atoms with Gasteiger partial charge in [0.1, 0.15) is 6.04 Å². The molecule has 1 fully saturated rings. The molecule has 116 valence electrons. The van der Waals surface area contributed by atoms with Crippen LogP contribution in [0.2, 0.25) is 0 Å². The van der Waals surface area contributed by atoms with Crippen molar-refractivity contribution in [3.05, 3.63) is 12.0 Å². The molecule has 1 aromatic rings. The zero-order chi connectivity index (χ0) is 15.2. The summed E-state index contributed by atoms with van der Waals surface area (Å²) in [7, 11) is 1.65. The van der Waals surface area contributed by atoms with Gasteiger partial charge in [0, 0.05) is 20.1 Å². The molecule has 0 radical (unpaired) electrons. The van der Waals surface area contributed by atoms with E-state index in [1.54, 1.807) is 11.9 Å². The number of carbonyl (C=O) groups excluding carboxylic acids is 1. The van der Waals surface area contributed by atoms with Crippen molar-refractivity contribution in [2.24, 2.45) is 0 Å². The van der Waals surface area contributed by atoms with E-state index in [2.05, 4.69) is 20.6 Å². The van der Waals surface area contributed by atoms with Gasteiger partial charge in [-0.1, -0.05) is 6.92 Å². The van der Waals surface area contributed by atoms with Gasteiger partial charge in [0.15, 0.2) is 11.6 Å². The maximum atomic E-state index is 14.0. The molecule has 7 nitrogen and oxygen atoms in total. The number of nitrogens with zero attached hydrogens (tertiary/aromatic N) is 3. The highest BCUT2D eigenvalue weighted by Crippen LogP contribution is 2.21. The van der Waals surface area contributed by atoms with Gasteiger partial charge in [-0.05, 0) is 6.42 Å². The number of nitrogens with one attached hydrogen (secondary N) is 2. The van der Waals surface area contributed by atoms with Crippen molar-refractivity contribution in [3.63, 3.8) is 0 Å². The maximum absolute atomic E-state index is 14.0. The van der Waals surface area contributed by atoms with Crippen LogP contribution in [0.1, 0.15) is 13.3 Å². The van der Waals surface area contributed by atoms with Crippen molar-refractivity contribution < 1.29 is 13.9 Å². The van der Waals surface area contributed by atoms with Gasteiger partial charge < -0.3 is 20.3 Å². The second-order valence-electron chi connectivity index (χ2n) is 4.69. The first-order valence-electron chi connectivity index (χ1n) is 6.99. The predicted octanol–water partition coefficient (Wildman–Crippen LogP) is 0.389. The van der Waals surface area contributed by atoms with Crippen molar-refractivity contribution in [2.45, 2.75) is 19.4 Å². The molecule has 8 heteroatoms. The van der Waals surface area contributed by atoms with Crippen molar-refractivity contribution in [3.8, 4) is 0 Å². The minimum absolute atomic E-state index is 0.120. The van der Waals surface area contributed by atoms with Crippen molar-refractivity contribution in [1.82, 2.24) is 15.3 Å². The maximum Gasteiger partial charge on any atom is 0.245 e. The molecule has 21 heavy (non-hydrogen) atoms. The van der Waals surface area contributed by atoms with Crippen LogP contribution in [0.25, 0.3) is 0 Å². The fourth-order valence-electron chi connectivity index (χ4n) is 2.12. The largest absolute Gasteiger partial charge is 0.377 e. The lowest BCUT2D eigenvalue weighted by molar-refractivity contribution is -0.124. The van der Waals surface area contributed by atoms with E-state index >= 15 is 0 Å². The quantitative estimate of drug-likeness (QED) is 0.818. The molecule has 0 spiro atoms. The van der Waals surface area contributed by atoms with Crippen LogP contribution in [0, 0.1) is 5.82 Å². The summed E-state index contributed by atoms with van der Waals surface area (Å²) in [4.78, 5) is 21.8. The molecule has 1 amide bonds. The summed E-state index contributed by atoms with van der Waals surface area (Å²) in [5.41, 5.74) is 0. The number of anilines is 2. The van der Waals surface area contributed by atoms with Gasteiger partial charge in [-0.15, -0.1) is 0 Å². The highest BCUT2D eigenvalue weighted by atomic mass is 19.1. The third-order valence-electron chi connectivity index (χ3n) is 3.20. The zero-order valence-corrected chi connectivity index (χ0v) is 12.2. The molecular weight excluding hydrogens is 277 g/mol. The van der Waals surface area contributed by atoms with Crippen molar-refractivity contribution >= 4 is 17.7 Å². The van der Waals surface area contributed by atoms with Gasteiger partial charge >= 0.3 is 0 Å². The molecule has 1 saturated heterocycles. The Kier molecular flexibility index (Phi) is 5.26. The first-order valence-corrected chi connectivity index (χ1v) is 6.99. The first-order chi connectivity index (χ1) is 10.2. The average Bonchev–Trinajstić information content (AvgIpc) is 2.53. The minimum Gasteiger partial charge on any atom is -0.377 e. The van der Waals surface area contributed by atoms with Crippen molar-refractivity contribution in [1.29, 1.82) is 0 Å². The summed E-state index contributed by atoms with van der Waals surface area (Å²) in [6.07, 6.45) is 1.94. The van der Waals surface area contributed by atoms with E-state index in [-0.39, 0.29) is 18.3 Å². The third kappa shape index (κ3) is 3.57. The van der Waals surface area contributed by atoms with E-state index in [0.717, 1.165) is 12.6 Å². The number of morpholine rings is 1. The van der Waals surface area contributed by atoms with E-state index in [4.69, 9.17) is 4.74 Å². The average molecular weight is 297 g/mol. The standard InChI is InChI=1S/C13H20FN5O2/c1-3-4-16-12(20)10-8-21-6-5-19(10)11-9(14)7-17-13(15-2)18-11/h7,10H,3-6,8H2,1-2H3,(H,16,20)(H,15,17,18). The Hall–Kier alpha value is -1.96.